The van der Waals surface area contributed by atoms with E-state index in [0.717, 1.165) is 37.9 Å². The minimum atomic E-state index is 0.787. The maximum atomic E-state index is 4.72. The summed E-state index contributed by atoms with van der Waals surface area (Å²) in [6.45, 7) is 9.26. The van der Waals surface area contributed by atoms with E-state index < -0.39 is 0 Å². The van der Waals surface area contributed by atoms with Crippen LogP contribution in [0.15, 0.2) is 17.4 Å². The van der Waals surface area contributed by atoms with Crippen LogP contribution >= 0.6 is 0 Å². The van der Waals surface area contributed by atoms with Crippen molar-refractivity contribution < 1.29 is 0 Å². The van der Waals surface area contributed by atoms with Gasteiger partial charge in [0, 0.05) is 45.5 Å². The van der Waals surface area contributed by atoms with E-state index in [1.807, 2.05) is 24.1 Å². The van der Waals surface area contributed by atoms with Crippen LogP contribution in [0, 0.1) is 5.92 Å². The van der Waals surface area contributed by atoms with Crippen molar-refractivity contribution in [1.29, 1.82) is 0 Å². The monoisotopic (exact) mass is 293 g/mol. The topological polar surface area (TPSA) is 45.5 Å². The maximum Gasteiger partial charge on any atom is 0.193 e. The molecule has 0 bridgehead atoms. The van der Waals surface area contributed by atoms with Crippen molar-refractivity contribution in [2.75, 3.05) is 20.1 Å². The van der Waals surface area contributed by atoms with Gasteiger partial charge < -0.3 is 10.2 Å². The first-order valence-corrected chi connectivity index (χ1v) is 8.00. The smallest absolute Gasteiger partial charge is 0.193 e. The van der Waals surface area contributed by atoms with Crippen LogP contribution in [0.5, 0.6) is 0 Å². The van der Waals surface area contributed by atoms with Gasteiger partial charge in [0.05, 0.1) is 6.20 Å². The third-order valence-corrected chi connectivity index (χ3v) is 3.33. The molecule has 120 valence electrons. The van der Waals surface area contributed by atoms with Crippen LogP contribution in [0.1, 0.15) is 45.6 Å². The number of unbranched alkanes of at least 4 members (excludes halogenated alkanes) is 1. The predicted molar refractivity (Wildman–Crippen MR) is 89.3 cm³/mol. The highest BCUT2D eigenvalue weighted by Crippen LogP contribution is 2.06. The zero-order valence-corrected chi connectivity index (χ0v) is 14.3. The molecule has 0 aliphatic heterocycles. The summed E-state index contributed by atoms with van der Waals surface area (Å²) in [5, 5.41) is 7.57. The van der Waals surface area contributed by atoms with E-state index in [2.05, 4.69) is 43.1 Å². The first-order chi connectivity index (χ1) is 10.0. The van der Waals surface area contributed by atoms with E-state index >= 15 is 0 Å². The summed E-state index contributed by atoms with van der Waals surface area (Å²) in [4.78, 5) is 6.87. The molecule has 0 aliphatic carbocycles. The Hall–Kier alpha value is -1.52. The van der Waals surface area contributed by atoms with E-state index in [4.69, 9.17) is 4.99 Å². The van der Waals surface area contributed by atoms with Crippen LogP contribution in [-0.2, 0) is 13.6 Å². The van der Waals surface area contributed by atoms with Crippen molar-refractivity contribution in [3.05, 3.63) is 18.0 Å². The van der Waals surface area contributed by atoms with Crippen LogP contribution in [0.25, 0.3) is 0 Å². The molecule has 0 amide bonds. The van der Waals surface area contributed by atoms with Gasteiger partial charge in [-0.25, -0.2) is 0 Å². The molecule has 5 heteroatoms. The summed E-state index contributed by atoms with van der Waals surface area (Å²) in [6.07, 6.45) is 7.66. The van der Waals surface area contributed by atoms with Gasteiger partial charge in [-0.1, -0.05) is 26.7 Å². The number of aromatic nitrogens is 2. The Balaban J connectivity index is 2.46. The first kappa shape index (κ1) is 17.5. The zero-order valence-electron chi connectivity index (χ0n) is 14.3. The highest BCUT2D eigenvalue weighted by molar-refractivity contribution is 5.79. The molecule has 0 saturated carbocycles. The lowest BCUT2D eigenvalue weighted by Gasteiger charge is -2.21. The molecule has 1 aromatic rings. The Labute approximate surface area is 129 Å². The molecule has 1 aromatic heterocycles. The second kappa shape index (κ2) is 9.42. The van der Waals surface area contributed by atoms with Gasteiger partial charge in [-0.05, 0) is 19.3 Å². The SMILES string of the molecule is CCNC(=NCCCCC(C)C)N(C)Cc1cnn(C)c1. The lowest BCUT2D eigenvalue weighted by atomic mass is 10.1. The van der Waals surface area contributed by atoms with Gasteiger partial charge in [-0.3, -0.25) is 9.67 Å². The summed E-state index contributed by atoms with van der Waals surface area (Å²) in [5.74, 6) is 1.77. The number of nitrogens with one attached hydrogen (secondary N) is 1. The fourth-order valence-electron chi connectivity index (χ4n) is 2.22. The van der Waals surface area contributed by atoms with Gasteiger partial charge in [0.1, 0.15) is 0 Å². The average Bonchev–Trinajstić information content (AvgIpc) is 2.82. The van der Waals surface area contributed by atoms with Gasteiger partial charge in [-0.15, -0.1) is 0 Å². The number of hydrogen-bond donors (Lipinski definition) is 1. The van der Waals surface area contributed by atoms with Gasteiger partial charge in [0.2, 0.25) is 0 Å². The minimum absolute atomic E-state index is 0.787. The van der Waals surface area contributed by atoms with E-state index in [0.29, 0.717) is 0 Å². The van der Waals surface area contributed by atoms with Crippen molar-refractivity contribution >= 4 is 5.96 Å². The van der Waals surface area contributed by atoms with E-state index in [-0.39, 0.29) is 0 Å². The molecule has 1 N–H and O–H groups in total. The molecule has 0 aromatic carbocycles. The van der Waals surface area contributed by atoms with Gasteiger partial charge >= 0.3 is 0 Å². The predicted octanol–water partition coefficient (Wildman–Crippen LogP) is 2.64. The van der Waals surface area contributed by atoms with Crippen molar-refractivity contribution in [3.63, 3.8) is 0 Å². The molecule has 0 saturated heterocycles. The number of guanidine groups is 1. The fourth-order valence-corrected chi connectivity index (χ4v) is 2.22. The Morgan fingerprint density at radius 1 is 1.43 bits per heavy atom. The molecule has 0 fully saturated rings. The van der Waals surface area contributed by atoms with Crippen molar-refractivity contribution in [1.82, 2.24) is 20.0 Å². The summed E-state index contributed by atoms with van der Waals surface area (Å²) in [5.41, 5.74) is 1.20. The molecule has 0 aliphatic rings. The molecule has 0 spiro atoms. The third-order valence-electron chi connectivity index (χ3n) is 3.33. The van der Waals surface area contributed by atoms with Gasteiger partial charge in [0.15, 0.2) is 5.96 Å². The molecule has 1 rings (SSSR count). The zero-order chi connectivity index (χ0) is 15.7. The largest absolute Gasteiger partial charge is 0.357 e. The molecular formula is C16H31N5. The standard InChI is InChI=1S/C16H31N5/c1-6-17-16(18-10-8-7-9-14(2)3)20(4)12-15-11-19-21(5)13-15/h11,13-14H,6-10,12H2,1-5H3,(H,17,18). The number of hydrogen-bond acceptors (Lipinski definition) is 2. The Kier molecular flexibility index (Phi) is 7.87. The third kappa shape index (κ3) is 7.16. The van der Waals surface area contributed by atoms with Crippen molar-refractivity contribution in [2.45, 2.75) is 46.6 Å². The maximum absolute atomic E-state index is 4.72. The van der Waals surface area contributed by atoms with Crippen LogP contribution < -0.4 is 5.32 Å². The molecule has 5 nitrogen and oxygen atoms in total. The summed E-state index contributed by atoms with van der Waals surface area (Å²) in [7, 11) is 4.01. The second-order valence-electron chi connectivity index (χ2n) is 6.00. The molecule has 0 atom stereocenters. The van der Waals surface area contributed by atoms with Crippen LogP contribution in [0.3, 0.4) is 0 Å². The van der Waals surface area contributed by atoms with Gasteiger partial charge in [-0.2, -0.15) is 5.10 Å². The van der Waals surface area contributed by atoms with Crippen LogP contribution in [-0.4, -0.2) is 40.8 Å². The highest BCUT2D eigenvalue weighted by atomic mass is 15.3. The van der Waals surface area contributed by atoms with Crippen LogP contribution in [0.4, 0.5) is 0 Å². The lowest BCUT2D eigenvalue weighted by Crippen LogP contribution is -2.38. The average molecular weight is 293 g/mol. The molecule has 0 unspecified atom stereocenters. The number of aliphatic imine (C=N–C) groups is 1. The first-order valence-electron chi connectivity index (χ1n) is 8.00. The number of rotatable bonds is 8. The Morgan fingerprint density at radius 2 is 2.19 bits per heavy atom. The minimum Gasteiger partial charge on any atom is -0.357 e. The van der Waals surface area contributed by atoms with E-state index in [9.17, 15) is 0 Å². The quantitative estimate of drug-likeness (QED) is 0.455. The molecular weight excluding hydrogens is 262 g/mol. The summed E-state index contributed by atoms with van der Waals surface area (Å²) >= 11 is 0. The molecule has 1 heterocycles. The fraction of sp³-hybridized carbons (Fsp3) is 0.750. The summed E-state index contributed by atoms with van der Waals surface area (Å²) < 4.78 is 1.83. The van der Waals surface area contributed by atoms with Crippen LogP contribution in [0.2, 0.25) is 0 Å². The molecule has 21 heavy (non-hydrogen) atoms. The van der Waals surface area contributed by atoms with E-state index in [1.54, 1.807) is 0 Å². The van der Waals surface area contributed by atoms with Crippen molar-refractivity contribution in [3.8, 4) is 0 Å². The van der Waals surface area contributed by atoms with Crippen molar-refractivity contribution in [2.24, 2.45) is 18.0 Å². The number of nitrogens with zero attached hydrogens (tertiary/aromatic N) is 4. The second-order valence-corrected chi connectivity index (χ2v) is 6.00. The number of aryl methyl sites for hydroxylation is 1. The Bertz CT molecular complexity index is 422. The normalized spacial score (nSPS) is 12.0. The highest BCUT2D eigenvalue weighted by Gasteiger charge is 2.07. The molecule has 0 radical (unpaired) electrons. The summed E-state index contributed by atoms with van der Waals surface area (Å²) in [6, 6.07) is 0. The Morgan fingerprint density at radius 3 is 2.76 bits per heavy atom. The lowest BCUT2D eigenvalue weighted by molar-refractivity contribution is 0.474. The van der Waals surface area contributed by atoms with Gasteiger partial charge in [0.25, 0.3) is 0 Å². The van der Waals surface area contributed by atoms with E-state index in [1.165, 1.54) is 18.4 Å².